The molecule has 0 saturated carbocycles. The fraction of sp³-hybridized carbons (Fsp3) is 0.0500. The number of nitrogens with one attached hydrogen (secondary N) is 1. The molecule has 6 heteroatoms. The van der Waals surface area contributed by atoms with Gasteiger partial charge >= 0.3 is 0 Å². The van der Waals surface area contributed by atoms with Crippen molar-refractivity contribution in [2.75, 3.05) is 4.72 Å². The first-order valence-corrected chi connectivity index (χ1v) is 9.47. The Morgan fingerprint density at radius 3 is 2.46 bits per heavy atom. The van der Waals surface area contributed by atoms with Crippen molar-refractivity contribution in [1.82, 2.24) is 0 Å². The lowest BCUT2D eigenvalue weighted by Gasteiger charge is -2.09. The van der Waals surface area contributed by atoms with E-state index in [1.54, 1.807) is 30.3 Å². The molecule has 0 atom stereocenters. The van der Waals surface area contributed by atoms with Crippen LogP contribution in [0.2, 0.25) is 0 Å². The average molecular weight is 365 g/mol. The van der Waals surface area contributed by atoms with Gasteiger partial charge in [0.1, 0.15) is 11.2 Å². The lowest BCUT2D eigenvalue weighted by atomic mass is 10.1. The van der Waals surface area contributed by atoms with E-state index in [1.165, 1.54) is 19.1 Å². The highest BCUT2D eigenvalue weighted by Gasteiger charge is 2.16. The number of carbonyl (C=O) groups is 1. The highest BCUT2D eigenvalue weighted by atomic mass is 32.2. The van der Waals surface area contributed by atoms with Gasteiger partial charge < -0.3 is 4.42 Å². The fourth-order valence-electron chi connectivity index (χ4n) is 2.89. The second-order valence-corrected chi connectivity index (χ2v) is 7.68. The van der Waals surface area contributed by atoms with E-state index in [2.05, 4.69) is 4.72 Å². The van der Waals surface area contributed by atoms with Crippen LogP contribution in [0, 0.1) is 0 Å². The Morgan fingerprint density at radius 1 is 0.885 bits per heavy atom. The molecule has 4 aromatic rings. The Hall–Kier alpha value is -3.12. The minimum atomic E-state index is -3.81. The Kier molecular flexibility index (Phi) is 3.77. The number of Topliss-reactive ketones (excluding diaryl/α,β-unsaturated/α-hetero) is 1. The van der Waals surface area contributed by atoms with Gasteiger partial charge in [-0.1, -0.05) is 30.3 Å². The number of rotatable bonds is 4. The van der Waals surface area contributed by atoms with Gasteiger partial charge in [-0.3, -0.25) is 9.52 Å². The molecular formula is C20H15NO4S. The van der Waals surface area contributed by atoms with Crippen LogP contribution in [0.4, 0.5) is 5.69 Å². The maximum absolute atomic E-state index is 12.7. The highest BCUT2D eigenvalue weighted by molar-refractivity contribution is 7.92. The largest absolute Gasteiger partial charge is 0.456 e. The van der Waals surface area contributed by atoms with Gasteiger partial charge in [-0.25, -0.2) is 8.42 Å². The third-order valence-corrected chi connectivity index (χ3v) is 5.56. The van der Waals surface area contributed by atoms with E-state index >= 15 is 0 Å². The summed E-state index contributed by atoms with van der Waals surface area (Å²) < 4.78 is 33.7. The SMILES string of the molecule is CC(=O)c1cccc(S(=O)(=O)Nc2ccc3oc4ccccc4c3c2)c1. The number of para-hydroxylation sites is 1. The smallest absolute Gasteiger partial charge is 0.261 e. The molecule has 3 aromatic carbocycles. The van der Waals surface area contributed by atoms with Gasteiger partial charge in [0.15, 0.2) is 5.78 Å². The second-order valence-electron chi connectivity index (χ2n) is 6.00. The number of furan rings is 1. The molecule has 130 valence electrons. The molecule has 0 aliphatic carbocycles. The summed E-state index contributed by atoms with van der Waals surface area (Å²) in [4.78, 5) is 11.5. The maximum Gasteiger partial charge on any atom is 0.261 e. The monoisotopic (exact) mass is 365 g/mol. The average Bonchev–Trinajstić information content (AvgIpc) is 2.99. The van der Waals surface area contributed by atoms with Crippen LogP contribution in [-0.4, -0.2) is 14.2 Å². The second kappa shape index (κ2) is 6.00. The molecule has 26 heavy (non-hydrogen) atoms. The van der Waals surface area contributed by atoms with Crippen LogP contribution < -0.4 is 4.72 Å². The quantitative estimate of drug-likeness (QED) is 0.537. The van der Waals surface area contributed by atoms with Crippen molar-refractivity contribution in [3.05, 3.63) is 72.3 Å². The third kappa shape index (κ3) is 2.84. The van der Waals surface area contributed by atoms with Crippen molar-refractivity contribution in [2.45, 2.75) is 11.8 Å². The van der Waals surface area contributed by atoms with Gasteiger partial charge in [-0.2, -0.15) is 0 Å². The topological polar surface area (TPSA) is 76.4 Å². The maximum atomic E-state index is 12.7. The van der Waals surface area contributed by atoms with E-state index in [0.29, 0.717) is 16.8 Å². The molecule has 0 radical (unpaired) electrons. The van der Waals surface area contributed by atoms with Crippen molar-refractivity contribution in [3.8, 4) is 0 Å². The van der Waals surface area contributed by atoms with Gasteiger partial charge in [-0.15, -0.1) is 0 Å². The number of fused-ring (bicyclic) bond motifs is 3. The number of sulfonamides is 1. The van der Waals surface area contributed by atoms with Crippen LogP contribution in [0.5, 0.6) is 0 Å². The summed E-state index contributed by atoms with van der Waals surface area (Å²) in [5.41, 5.74) is 2.21. The van der Waals surface area contributed by atoms with E-state index < -0.39 is 10.0 Å². The van der Waals surface area contributed by atoms with Gasteiger partial charge in [0.25, 0.3) is 10.0 Å². The third-order valence-electron chi connectivity index (χ3n) is 4.18. The van der Waals surface area contributed by atoms with Crippen molar-refractivity contribution in [3.63, 3.8) is 0 Å². The normalized spacial score (nSPS) is 11.7. The van der Waals surface area contributed by atoms with Crippen molar-refractivity contribution in [1.29, 1.82) is 0 Å². The van der Waals surface area contributed by atoms with Crippen LogP contribution in [0.25, 0.3) is 21.9 Å². The molecule has 0 aliphatic heterocycles. The van der Waals surface area contributed by atoms with Crippen molar-refractivity contribution >= 4 is 43.4 Å². The number of ketones is 1. The lowest BCUT2D eigenvalue weighted by Crippen LogP contribution is -2.13. The number of anilines is 1. The molecule has 5 nitrogen and oxygen atoms in total. The van der Waals surface area contributed by atoms with Crippen LogP contribution >= 0.6 is 0 Å². The van der Waals surface area contributed by atoms with Crippen molar-refractivity contribution < 1.29 is 17.6 Å². The molecule has 0 saturated heterocycles. The molecule has 0 aliphatic rings. The summed E-state index contributed by atoms with van der Waals surface area (Å²) in [7, 11) is -3.81. The van der Waals surface area contributed by atoms with E-state index in [1.807, 2.05) is 24.3 Å². The van der Waals surface area contributed by atoms with E-state index in [4.69, 9.17) is 4.42 Å². The van der Waals surface area contributed by atoms with Gasteiger partial charge in [0.05, 0.1) is 4.90 Å². The molecule has 0 fully saturated rings. The summed E-state index contributed by atoms with van der Waals surface area (Å²) in [6.07, 6.45) is 0. The van der Waals surface area contributed by atoms with E-state index in [-0.39, 0.29) is 10.7 Å². The standard InChI is InChI=1S/C20H15NO4S/c1-13(22)14-5-4-6-16(11-14)26(23,24)21-15-9-10-20-18(12-15)17-7-2-3-8-19(17)25-20/h2-12,21H,1H3. The minimum Gasteiger partial charge on any atom is -0.456 e. The lowest BCUT2D eigenvalue weighted by molar-refractivity contribution is 0.101. The molecule has 1 aromatic heterocycles. The predicted molar refractivity (Wildman–Crippen MR) is 101 cm³/mol. The van der Waals surface area contributed by atoms with Crippen LogP contribution in [0.1, 0.15) is 17.3 Å². The molecule has 0 amide bonds. The number of hydrogen-bond acceptors (Lipinski definition) is 4. The van der Waals surface area contributed by atoms with Crippen molar-refractivity contribution in [2.24, 2.45) is 0 Å². The molecular weight excluding hydrogens is 350 g/mol. The summed E-state index contributed by atoms with van der Waals surface area (Å²) in [5.74, 6) is -0.187. The van der Waals surface area contributed by atoms with Crippen LogP contribution in [0.15, 0.2) is 76.0 Å². The first-order valence-electron chi connectivity index (χ1n) is 7.99. The minimum absolute atomic E-state index is 0.0438. The molecule has 4 rings (SSSR count). The van der Waals surface area contributed by atoms with E-state index in [0.717, 1.165) is 16.4 Å². The summed E-state index contributed by atoms with van der Waals surface area (Å²) in [6, 6.07) is 18.7. The zero-order chi connectivity index (χ0) is 18.3. The Bertz CT molecular complexity index is 1260. The van der Waals surface area contributed by atoms with Gasteiger partial charge in [-0.05, 0) is 43.3 Å². The Labute approximate surface area is 150 Å². The zero-order valence-electron chi connectivity index (χ0n) is 13.9. The Balaban J connectivity index is 1.75. The summed E-state index contributed by atoms with van der Waals surface area (Å²) in [6.45, 7) is 1.40. The van der Waals surface area contributed by atoms with Gasteiger partial charge in [0.2, 0.25) is 0 Å². The highest BCUT2D eigenvalue weighted by Crippen LogP contribution is 2.31. The van der Waals surface area contributed by atoms with Gasteiger partial charge in [0, 0.05) is 22.0 Å². The molecule has 1 N–H and O–H groups in total. The van der Waals surface area contributed by atoms with Crippen LogP contribution in [-0.2, 0) is 10.0 Å². The van der Waals surface area contributed by atoms with Crippen LogP contribution in [0.3, 0.4) is 0 Å². The first kappa shape index (κ1) is 16.4. The zero-order valence-corrected chi connectivity index (χ0v) is 14.7. The first-order chi connectivity index (χ1) is 12.4. The molecule has 0 spiro atoms. The molecule has 0 unspecified atom stereocenters. The molecule has 1 heterocycles. The Morgan fingerprint density at radius 2 is 1.65 bits per heavy atom. The molecule has 0 bridgehead atoms. The number of benzene rings is 3. The predicted octanol–water partition coefficient (Wildman–Crippen LogP) is 4.59. The number of carbonyl (C=O) groups excluding carboxylic acids is 1. The van der Waals surface area contributed by atoms with E-state index in [9.17, 15) is 13.2 Å². The number of hydrogen-bond donors (Lipinski definition) is 1. The summed E-state index contributed by atoms with van der Waals surface area (Å²) >= 11 is 0. The summed E-state index contributed by atoms with van der Waals surface area (Å²) in [5, 5.41) is 1.75. The fourth-order valence-corrected chi connectivity index (χ4v) is 3.98.